The normalized spacial score (nSPS) is 12.7. The molecule has 0 radical (unpaired) electrons. The van der Waals surface area contributed by atoms with Crippen LogP contribution in [0.4, 0.5) is 0 Å². The Labute approximate surface area is 160 Å². The number of hydrogen-bond donors (Lipinski definition) is 2. The first-order chi connectivity index (χ1) is 13.1. The standard InChI is InChI=1S/C24H25NO2/c1-18(2)22(23(26)27)25-24(19-12-6-3-7-13-19,20-14-8-4-9-15-20)21-16-10-5-11-17-21/h3-18,22,25H,1-2H3,(H,26,27)/t22-/m1/s1. The van der Waals surface area contributed by atoms with Gasteiger partial charge in [0, 0.05) is 0 Å². The molecule has 0 aliphatic heterocycles. The fourth-order valence-corrected chi connectivity index (χ4v) is 3.56. The van der Waals surface area contributed by atoms with Crippen LogP contribution in [0, 0.1) is 5.92 Å². The van der Waals surface area contributed by atoms with Crippen molar-refractivity contribution in [1.29, 1.82) is 0 Å². The molecule has 0 aliphatic rings. The number of carbonyl (C=O) groups is 1. The van der Waals surface area contributed by atoms with E-state index in [9.17, 15) is 9.90 Å². The number of rotatable bonds is 7. The molecule has 0 saturated heterocycles. The van der Waals surface area contributed by atoms with Crippen molar-refractivity contribution < 1.29 is 9.90 Å². The van der Waals surface area contributed by atoms with Crippen molar-refractivity contribution in [2.75, 3.05) is 0 Å². The lowest BCUT2D eigenvalue weighted by Gasteiger charge is -2.40. The van der Waals surface area contributed by atoms with Crippen molar-refractivity contribution in [3.8, 4) is 0 Å². The van der Waals surface area contributed by atoms with Gasteiger partial charge in [-0.2, -0.15) is 0 Å². The van der Waals surface area contributed by atoms with Crippen LogP contribution in [-0.2, 0) is 10.3 Å². The van der Waals surface area contributed by atoms with Gasteiger partial charge in [0.05, 0.1) is 5.54 Å². The van der Waals surface area contributed by atoms with Crippen molar-refractivity contribution in [3.63, 3.8) is 0 Å². The zero-order chi connectivity index (χ0) is 19.3. The maximum absolute atomic E-state index is 12.1. The van der Waals surface area contributed by atoms with Gasteiger partial charge < -0.3 is 5.11 Å². The molecule has 3 nitrogen and oxygen atoms in total. The highest BCUT2D eigenvalue weighted by atomic mass is 16.4. The lowest BCUT2D eigenvalue weighted by Crippen LogP contribution is -2.54. The molecule has 3 heteroatoms. The van der Waals surface area contributed by atoms with E-state index in [1.165, 1.54) is 0 Å². The maximum Gasteiger partial charge on any atom is 0.321 e. The van der Waals surface area contributed by atoms with Crippen molar-refractivity contribution in [2.45, 2.75) is 25.4 Å². The molecular weight excluding hydrogens is 334 g/mol. The molecule has 0 unspecified atom stereocenters. The molecule has 0 bridgehead atoms. The Morgan fingerprint density at radius 3 is 1.33 bits per heavy atom. The Kier molecular flexibility index (Phi) is 5.72. The Morgan fingerprint density at radius 1 is 0.741 bits per heavy atom. The van der Waals surface area contributed by atoms with Crippen LogP contribution in [0.5, 0.6) is 0 Å². The number of carboxylic acid groups (broad SMARTS) is 1. The third-order valence-corrected chi connectivity index (χ3v) is 4.93. The fraction of sp³-hybridized carbons (Fsp3) is 0.208. The Balaban J connectivity index is 2.30. The third kappa shape index (κ3) is 3.79. The van der Waals surface area contributed by atoms with Gasteiger partial charge in [0.25, 0.3) is 0 Å². The highest BCUT2D eigenvalue weighted by Crippen LogP contribution is 2.37. The van der Waals surface area contributed by atoms with Crippen LogP contribution in [0.25, 0.3) is 0 Å². The molecule has 3 aromatic rings. The molecule has 0 heterocycles. The van der Waals surface area contributed by atoms with Gasteiger partial charge in [0.15, 0.2) is 0 Å². The summed E-state index contributed by atoms with van der Waals surface area (Å²) >= 11 is 0. The van der Waals surface area contributed by atoms with E-state index in [-0.39, 0.29) is 5.92 Å². The predicted octanol–water partition coefficient (Wildman–Crippen LogP) is 4.68. The monoisotopic (exact) mass is 359 g/mol. The van der Waals surface area contributed by atoms with Crippen molar-refractivity contribution in [2.24, 2.45) is 5.92 Å². The van der Waals surface area contributed by atoms with Crippen molar-refractivity contribution in [1.82, 2.24) is 5.32 Å². The second kappa shape index (κ2) is 8.19. The van der Waals surface area contributed by atoms with E-state index in [4.69, 9.17) is 0 Å². The van der Waals surface area contributed by atoms with Crippen LogP contribution < -0.4 is 5.32 Å². The SMILES string of the molecule is CC(C)[C@@H](NC(c1ccccc1)(c1ccccc1)c1ccccc1)C(=O)O. The fourth-order valence-electron chi connectivity index (χ4n) is 3.56. The first-order valence-corrected chi connectivity index (χ1v) is 9.23. The molecule has 0 aromatic heterocycles. The molecule has 2 N–H and O–H groups in total. The average molecular weight is 359 g/mol. The van der Waals surface area contributed by atoms with E-state index in [1.807, 2.05) is 105 Å². The summed E-state index contributed by atoms with van der Waals surface area (Å²) in [7, 11) is 0. The average Bonchev–Trinajstić information content (AvgIpc) is 2.70. The van der Waals surface area contributed by atoms with Crippen LogP contribution in [-0.4, -0.2) is 17.1 Å². The lowest BCUT2D eigenvalue weighted by molar-refractivity contribution is -0.141. The molecule has 0 amide bonds. The van der Waals surface area contributed by atoms with Crippen LogP contribution in [0.15, 0.2) is 91.0 Å². The highest BCUT2D eigenvalue weighted by molar-refractivity contribution is 5.74. The zero-order valence-electron chi connectivity index (χ0n) is 15.7. The van der Waals surface area contributed by atoms with Crippen LogP contribution in [0.1, 0.15) is 30.5 Å². The van der Waals surface area contributed by atoms with Crippen LogP contribution in [0.3, 0.4) is 0 Å². The molecule has 0 spiro atoms. The molecule has 0 saturated carbocycles. The lowest BCUT2D eigenvalue weighted by atomic mass is 9.76. The topological polar surface area (TPSA) is 49.3 Å². The smallest absolute Gasteiger partial charge is 0.321 e. The van der Waals surface area contributed by atoms with E-state index in [1.54, 1.807) is 0 Å². The number of carboxylic acids is 1. The Hall–Kier alpha value is -2.91. The summed E-state index contributed by atoms with van der Waals surface area (Å²) in [6.45, 7) is 3.86. The number of nitrogens with one attached hydrogen (secondary N) is 1. The van der Waals surface area contributed by atoms with Gasteiger partial charge >= 0.3 is 5.97 Å². The second-order valence-corrected chi connectivity index (χ2v) is 7.05. The third-order valence-electron chi connectivity index (χ3n) is 4.93. The summed E-state index contributed by atoms with van der Waals surface area (Å²) < 4.78 is 0. The quantitative estimate of drug-likeness (QED) is 0.602. The molecule has 138 valence electrons. The second-order valence-electron chi connectivity index (χ2n) is 7.05. The van der Waals surface area contributed by atoms with E-state index >= 15 is 0 Å². The van der Waals surface area contributed by atoms with Gasteiger partial charge in [-0.3, -0.25) is 10.1 Å². The summed E-state index contributed by atoms with van der Waals surface area (Å²) in [6.07, 6.45) is 0. The molecule has 3 aromatic carbocycles. The number of hydrogen-bond acceptors (Lipinski definition) is 2. The first kappa shape index (κ1) is 18.9. The van der Waals surface area contributed by atoms with Gasteiger partial charge in [-0.25, -0.2) is 0 Å². The number of benzene rings is 3. The first-order valence-electron chi connectivity index (χ1n) is 9.23. The summed E-state index contributed by atoms with van der Waals surface area (Å²) in [5, 5.41) is 13.4. The summed E-state index contributed by atoms with van der Waals surface area (Å²) in [4.78, 5) is 12.1. The van der Waals surface area contributed by atoms with Crippen molar-refractivity contribution >= 4 is 5.97 Å². The van der Waals surface area contributed by atoms with E-state index in [0.29, 0.717) is 0 Å². The zero-order valence-corrected chi connectivity index (χ0v) is 15.7. The summed E-state index contributed by atoms with van der Waals surface area (Å²) in [5.41, 5.74) is 2.26. The molecule has 0 fully saturated rings. The molecule has 27 heavy (non-hydrogen) atoms. The van der Waals surface area contributed by atoms with E-state index in [2.05, 4.69) is 5.32 Å². The predicted molar refractivity (Wildman–Crippen MR) is 109 cm³/mol. The van der Waals surface area contributed by atoms with Gasteiger partial charge in [-0.05, 0) is 22.6 Å². The van der Waals surface area contributed by atoms with Gasteiger partial charge in [0.1, 0.15) is 6.04 Å². The number of aliphatic carboxylic acids is 1. The summed E-state index contributed by atoms with van der Waals surface area (Å²) in [5.74, 6) is -0.921. The maximum atomic E-state index is 12.1. The minimum atomic E-state index is -0.850. The minimum Gasteiger partial charge on any atom is -0.480 e. The Bertz CT molecular complexity index is 764. The van der Waals surface area contributed by atoms with Gasteiger partial charge in [-0.15, -0.1) is 0 Å². The van der Waals surface area contributed by atoms with Gasteiger partial charge in [-0.1, -0.05) is 105 Å². The van der Waals surface area contributed by atoms with E-state index < -0.39 is 17.6 Å². The molecule has 1 atom stereocenters. The van der Waals surface area contributed by atoms with Crippen LogP contribution >= 0.6 is 0 Å². The summed E-state index contributed by atoms with van der Waals surface area (Å²) in [6, 6.07) is 29.4. The molecular formula is C24H25NO2. The van der Waals surface area contributed by atoms with E-state index in [0.717, 1.165) is 16.7 Å². The molecule has 3 rings (SSSR count). The van der Waals surface area contributed by atoms with Gasteiger partial charge in [0.2, 0.25) is 0 Å². The largest absolute Gasteiger partial charge is 0.480 e. The van der Waals surface area contributed by atoms with Crippen molar-refractivity contribution in [3.05, 3.63) is 108 Å². The Morgan fingerprint density at radius 2 is 1.07 bits per heavy atom. The minimum absolute atomic E-state index is 0.0713. The highest BCUT2D eigenvalue weighted by Gasteiger charge is 2.40. The van der Waals surface area contributed by atoms with Crippen LogP contribution in [0.2, 0.25) is 0 Å². The molecule has 0 aliphatic carbocycles.